The summed E-state index contributed by atoms with van der Waals surface area (Å²) in [6, 6.07) is 10.4. The first-order valence-electron chi connectivity index (χ1n) is 8.37. The van der Waals surface area contributed by atoms with Crippen LogP contribution >= 0.6 is 11.6 Å². The first kappa shape index (κ1) is 17.9. The smallest absolute Gasteiger partial charge is 0.232 e. The molecule has 140 valence electrons. The highest BCUT2D eigenvalue weighted by molar-refractivity contribution is 6.30. The molecule has 0 N–H and O–H groups in total. The monoisotopic (exact) mass is 392 g/mol. The van der Waals surface area contributed by atoms with E-state index in [0.717, 1.165) is 0 Å². The van der Waals surface area contributed by atoms with Crippen LogP contribution in [0.25, 0.3) is 0 Å². The molecule has 1 saturated heterocycles. The molecule has 3 aromatic rings. The molecule has 4 rings (SSSR count). The minimum Gasteiger partial charge on any atom is -0.485 e. The predicted octanol–water partition coefficient (Wildman–Crippen LogP) is 4.83. The van der Waals surface area contributed by atoms with Crippen LogP contribution in [0.1, 0.15) is 35.7 Å². The van der Waals surface area contributed by atoms with Gasteiger partial charge in [-0.05, 0) is 36.2 Å². The number of hydrogen-bond acceptors (Lipinski definition) is 5. The van der Waals surface area contributed by atoms with Crippen molar-refractivity contribution in [1.29, 1.82) is 0 Å². The molecular weight excluding hydrogens is 378 g/mol. The van der Waals surface area contributed by atoms with Crippen molar-refractivity contribution in [3.05, 3.63) is 76.4 Å². The maximum Gasteiger partial charge on any atom is 0.232 e. The van der Waals surface area contributed by atoms with Gasteiger partial charge in [-0.1, -0.05) is 28.9 Å². The van der Waals surface area contributed by atoms with Crippen LogP contribution in [0, 0.1) is 11.6 Å². The molecule has 8 heteroatoms. The number of ether oxygens (including phenoxy) is 2. The Balaban J connectivity index is 1.47. The Morgan fingerprint density at radius 3 is 2.89 bits per heavy atom. The molecule has 0 aliphatic carbocycles. The summed E-state index contributed by atoms with van der Waals surface area (Å²) in [6.07, 6.45) is 0.274. The molecule has 0 saturated carbocycles. The average Bonchev–Trinajstić information content (AvgIpc) is 3.31. The zero-order valence-corrected chi connectivity index (χ0v) is 14.8. The highest BCUT2D eigenvalue weighted by Gasteiger charge is 2.35. The van der Waals surface area contributed by atoms with Crippen LogP contribution in [0.5, 0.6) is 5.75 Å². The second kappa shape index (κ2) is 7.62. The third-order valence-corrected chi connectivity index (χ3v) is 4.64. The first-order valence-corrected chi connectivity index (χ1v) is 8.75. The Kier molecular flexibility index (Phi) is 5.05. The van der Waals surface area contributed by atoms with Gasteiger partial charge in [0, 0.05) is 12.7 Å². The van der Waals surface area contributed by atoms with Crippen LogP contribution in [0.2, 0.25) is 5.02 Å². The van der Waals surface area contributed by atoms with Crippen LogP contribution in [0.4, 0.5) is 8.78 Å². The molecule has 1 aliphatic rings. The van der Waals surface area contributed by atoms with Gasteiger partial charge in [0.1, 0.15) is 17.4 Å². The fourth-order valence-electron chi connectivity index (χ4n) is 3.04. The van der Waals surface area contributed by atoms with Crippen LogP contribution in [-0.2, 0) is 11.3 Å². The van der Waals surface area contributed by atoms with Crippen molar-refractivity contribution in [2.45, 2.75) is 25.0 Å². The molecular formula is C19H15ClF2N2O3. The minimum absolute atomic E-state index is 0.0424. The summed E-state index contributed by atoms with van der Waals surface area (Å²) in [7, 11) is 0. The van der Waals surface area contributed by atoms with E-state index in [0.29, 0.717) is 36.1 Å². The average molecular weight is 393 g/mol. The van der Waals surface area contributed by atoms with Gasteiger partial charge in [0.2, 0.25) is 11.7 Å². The number of halogens is 3. The number of hydrogen-bond donors (Lipinski definition) is 0. The van der Waals surface area contributed by atoms with E-state index in [4.69, 9.17) is 25.6 Å². The van der Waals surface area contributed by atoms with Crippen molar-refractivity contribution in [3.8, 4) is 5.75 Å². The quantitative estimate of drug-likeness (QED) is 0.622. The normalized spacial score (nSPS) is 19.4. The molecule has 2 heterocycles. The summed E-state index contributed by atoms with van der Waals surface area (Å²) in [5.41, 5.74) is 0.662. The number of rotatable bonds is 5. The zero-order valence-electron chi connectivity index (χ0n) is 14.1. The molecule has 1 fully saturated rings. The van der Waals surface area contributed by atoms with Gasteiger partial charge in [-0.2, -0.15) is 4.98 Å². The Hall–Kier alpha value is -2.51. The van der Waals surface area contributed by atoms with E-state index in [1.54, 1.807) is 18.2 Å². The lowest BCUT2D eigenvalue weighted by Crippen LogP contribution is -2.07. The molecule has 2 unspecified atom stereocenters. The van der Waals surface area contributed by atoms with Gasteiger partial charge in [0.05, 0.1) is 17.0 Å². The van der Waals surface area contributed by atoms with E-state index in [1.165, 1.54) is 24.3 Å². The SMILES string of the molecule is Fc1cccc(OCc2noc(C3CCOC3c3ccc(Cl)c(F)c3)n2)c1. The molecule has 0 amide bonds. The molecule has 0 radical (unpaired) electrons. The maximum absolute atomic E-state index is 13.8. The predicted molar refractivity (Wildman–Crippen MR) is 92.5 cm³/mol. The van der Waals surface area contributed by atoms with Gasteiger partial charge in [-0.25, -0.2) is 8.78 Å². The largest absolute Gasteiger partial charge is 0.485 e. The van der Waals surface area contributed by atoms with Gasteiger partial charge in [-0.3, -0.25) is 0 Å². The Labute approximate surface area is 158 Å². The lowest BCUT2D eigenvalue weighted by molar-refractivity contribution is 0.0984. The fraction of sp³-hybridized carbons (Fsp3) is 0.263. The molecule has 2 aromatic carbocycles. The van der Waals surface area contributed by atoms with Crippen LogP contribution in [-0.4, -0.2) is 16.7 Å². The fourth-order valence-corrected chi connectivity index (χ4v) is 3.16. The van der Waals surface area contributed by atoms with E-state index in [9.17, 15) is 8.78 Å². The van der Waals surface area contributed by atoms with Crippen LogP contribution in [0.3, 0.4) is 0 Å². The van der Waals surface area contributed by atoms with Crippen molar-refractivity contribution in [3.63, 3.8) is 0 Å². The number of benzene rings is 2. The first-order chi connectivity index (χ1) is 13.1. The van der Waals surface area contributed by atoms with Crippen molar-refractivity contribution in [1.82, 2.24) is 10.1 Å². The Morgan fingerprint density at radius 1 is 1.19 bits per heavy atom. The molecule has 0 spiro atoms. The van der Waals surface area contributed by atoms with Gasteiger partial charge in [0.25, 0.3) is 0 Å². The van der Waals surface area contributed by atoms with Gasteiger partial charge in [-0.15, -0.1) is 0 Å². The lowest BCUT2D eigenvalue weighted by atomic mass is 9.95. The summed E-state index contributed by atoms with van der Waals surface area (Å²) >= 11 is 5.75. The van der Waals surface area contributed by atoms with Crippen molar-refractivity contribution in [2.75, 3.05) is 6.61 Å². The molecule has 27 heavy (non-hydrogen) atoms. The van der Waals surface area contributed by atoms with Crippen LogP contribution in [0.15, 0.2) is 47.0 Å². The second-order valence-corrected chi connectivity index (χ2v) is 6.56. The highest BCUT2D eigenvalue weighted by Crippen LogP contribution is 2.41. The topological polar surface area (TPSA) is 57.4 Å². The third-order valence-electron chi connectivity index (χ3n) is 4.33. The third kappa shape index (κ3) is 3.94. The second-order valence-electron chi connectivity index (χ2n) is 6.15. The van der Waals surface area contributed by atoms with E-state index in [2.05, 4.69) is 10.1 Å². The highest BCUT2D eigenvalue weighted by atomic mass is 35.5. The molecule has 1 aliphatic heterocycles. The summed E-state index contributed by atoms with van der Waals surface area (Å²) in [5, 5.41) is 3.96. The molecule has 1 aromatic heterocycles. The molecule has 2 atom stereocenters. The van der Waals surface area contributed by atoms with Crippen molar-refractivity contribution in [2.24, 2.45) is 0 Å². The van der Waals surface area contributed by atoms with E-state index in [-0.39, 0.29) is 23.4 Å². The standard InChI is InChI=1S/C19H15ClF2N2O3/c20-15-5-4-11(8-16(15)22)18-14(6-7-25-18)19-23-17(24-27-19)10-26-13-3-1-2-12(21)9-13/h1-5,8-9,14,18H,6-7,10H2. The van der Waals surface area contributed by atoms with E-state index in [1.807, 2.05) is 0 Å². The molecule has 0 bridgehead atoms. The zero-order chi connectivity index (χ0) is 18.8. The van der Waals surface area contributed by atoms with Crippen molar-refractivity contribution >= 4 is 11.6 Å². The van der Waals surface area contributed by atoms with Gasteiger partial charge in [0.15, 0.2) is 6.61 Å². The number of nitrogens with zero attached hydrogens (tertiary/aromatic N) is 2. The minimum atomic E-state index is -0.502. The van der Waals surface area contributed by atoms with Crippen LogP contribution < -0.4 is 4.74 Å². The van der Waals surface area contributed by atoms with E-state index >= 15 is 0 Å². The lowest BCUT2D eigenvalue weighted by Gasteiger charge is -2.16. The summed E-state index contributed by atoms with van der Waals surface area (Å²) < 4.78 is 43.5. The van der Waals surface area contributed by atoms with E-state index < -0.39 is 11.9 Å². The Morgan fingerprint density at radius 2 is 2.07 bits per heavy atom. The van der Waals surface area contributed by atoms with Gasteiger partial charge >= 0.3 is 0 Å². The maximum atomic E-state index is 13.8. The van der Waals surface area contributed by atoms with Crippen molar-refractivity contribution < 1.29 is 22.8 Å². The van der Waals surface area contributed by atoms with Gasteiger partial charge < -0.3 is 14.0 Å². The molecule has 5 nitrogen and oxygen atoms in total. The summed E-state index contributed by atoms with van der Waals surface area (Å²) in [5.74, 6) is 0.0227. The number of aromatic nitrogens is 2. The summed E-state index contributed by atoms with van der Waals surface area (Å²) in [6.45, 7) is 0.540. The summed E-state index contributed by atoms with van der Waals surface area (Å²) in [4.78, 5) is 4.35. The Bertz CT molecular complexity index is 950.